The molecule has 2 heterocycles. The van der Waals surface area contributed by atoms with Crippen molar-refractivity contribution in [3.05, 3.63) is 59.4 Å². The highest BCUT2D eigenvalue weighted by Gasteiger charge is 2.18. The van der Waals surface area contributed by atoms with E-state index in [2.05, 4.69) is 24.8 Å². The number of esters is 2. The number of carbonyl (C=O) groups is 3. The first kappa shape index (κ1) is 39.3. The van der Waals surface area contributed by atoms with Gasteiger partial charge in [-0.05, 0) is 59.2 Å². The number of carbonyl (C=O) groups excluding carboxylic acids is 3. The predicted molar refractivity (Wildman–Crippen MR) is 178 cm³/mol. The molecule has 2 rings (SSSR count). The van der Waals surface area contributed by atoms with Crippen molar-refractivity contribution in [1.29, 1.82) is 0 Å². The fourth-order valence-corrected chi connectivity index (χ4v) is 2.18. The third-order valence-corrected chi connectivity index (χ3v) is 3.70. The van der Waals surface area contributed by atoms with Crippen LogP contribution in [0.25, 0.3) is 12.2 Å². The van der Waals surface area contributed by atoms with Crippen LogP contribution in [-0.2, 0) is 23.8 Å². The summed E-state index contributed by atoms with van der Waals surface area (Å²) in [5.41, 5.74) is 4.73. The van der Waals surface area contributed by atoms with Crippen molar-refractivity contribution in [1.82, 2.24) is 17.0 Å². The molecule has 0 aromatic carbocycles. The molecule has 236 valence electrons. The van der Waals surface area contributed by atoms with Crippen molar-refractivity contribution < 1.29 is 40.2 Å². The summed E-state index contributed by atoms with van der Waals surface area (Å²) in [6.07, 6.45) is 6.17. The van der Waals surface area contributed by atoms with Crippen molar-refractivity contribution in [2.24, 2.45) is 0 Å². The van der Waals surface area contributed by atoms with Gasteiger partial charge in [-0.1, -0.05) is 0 Å². The molecule has 0 saturated carbocycles. The van der Waals surface area contributed by atoms with Gasteiger partial charge in [0.2, 0.25) is 0 Å². The molecule has 42 heavy (non-hydrogen) atoms. The summed E-state index contributed by atoms with van der Waals surface area (Å²) in [6.45, 7) is 5.09. The van der Waals surface area contributed by atoms with Gasteiger partial charge in [-0.3, -0.25) is 12.4 Å². The third-order valence-electron chi connectivity index (χ3n) is 3.70. The number of hydrogen-bond acceptors (Lipinski definition) is 11. The zero-order valence-electron chi connectivity index (χ0n) is 25.9. The lowest BCUT2D eigenvalue weighted by molar-refractivity contribution is -0.135. The highest BCUT2D eigenvalue weighted by atomic mass is 127. The Balaban J connectivity index is -0.000000627. The standard InChI is InChI=1S/C14H17FN2O4.C9H9FN2O2.2CH4IN.ClH/c1-14(2,3)21-13(19)17-12-9(5-6-11(18)20-4)10(15)7-8-16-12;1-14-8(13)3-2-6-7(10)4-5-12-9(6)11;2*1-3-2;/h5-8H,1-4H3,(H,16,17,19);2-5H,1H3,(H2,11,12);2*3H,1H3;1H/b6-5+;3-2+;;;/i/hT2. The first-order valence-electron chi connectivity index (χ1n) is 12.1. The molecule has 0 bridgehead atoms. The SMILES string of the molecule is COC(=O)/C=C/c1c(F)ccnc1N.COC(=O)/C=C/c1c(F)ccnc1NC(=O)OC(C)(C)C.Cl.[3H]N(C)I.[3H]N(C)I. The minimum Gasteiger partial charge on any atom is -0.466 e. The lowest BCUT2D eigenvalue weighted by atomic mass is 10.2. The molecule has 2 aromatic rings. The lowest BCUT2D eigenvalue weighted by Crippen LogP contribution is -2.27. The van der Waals surface area contributed by atoms with Crippen LogP contribution in [0.3, 0.4) is 0 Å². The van der Waals surface area contributed by atoms with E-state index in [1.807, 2.05) is 45.7 Å². The molecule has 5 N–H and O–H groups in total. The average molecular weight is 847 g/mol. The van der Waals surface area contributed by atoms with Crippen LogP contribution in [0.1, 0.15) is 31.9 Å². The van der Waals surface area contributed by atoms with Gasteiger partial charge in [0.1, 0.15) is 31.7 Å². The molecule has 1 amide bonds. The summed E-state index contributed by atoms with van der Waals surface area (Å²) in [4.78, 5) is 41.0. The molecule has 0 spiro atoms. The topological polar surface area (TPSA) is 167 Å². The van der Waals surface area contributed by atoms with Crippen LogP contribution in [0, 0.1) is 11.6 Å². The number of methoxy groups -OCH3 is 2. The molecule has 0 saturated heterocycles. The Bertz CT molecular complexity index is 1210. The summed E-state index contributed by atoms with van der Waals surface area (Å²) >= 11 is 3.69. The first-order valence-corrected chi connectivity index (χ1v) is 13.1. The number of pyridine rings is 2. The number of ether oxygens (including phenoxy) is 3. The molecule has 0 radical (unpaired) electrons. The van der Waals surface area contributed by atoms with Crippen LogP contribution < -0.4 is 18.1 Å². The number of nitrogens with two attached hydrogens (primary N) is 1. The highest BCUT2D eigenvalue weighted by Crippen LogP contribution is 2.19. The fraction of sp³-hybridized carbons (Fsp3) is 0.320. The van der Waals surface area contributed by atoms with Gasteiger partial charge >= 0.3 is 18.0 Å². The fourth-order valence-electron chi connectivity index (χ4n) is 2.18. The summed E-state index contributed by atoms with van der Waals surface area (Å²) in [6, 6.07) is 2.27. The van der Waals surface area contributed by atoms with E-state index in [0.717, 1.165) is 24.3 Å². The van der Waals surface area contributed by atoms with Crippen LogP contribution >= 0.6 is 58.1 Å². The minimum atomic E-state index is -0.770. The molecule has 0 aliphatic carbocycles. The van der Waals surface area contributed by atoms with Crippen LogP contribution in [0.2, 0.25) is 2.82 Å². The van der Waals surface area contributed by atoms with E-state index in [0.29, 0.717) is 0 Å². The normalized spacial score (nSPS) is 10.9. The van der Waals surface area contributed by atoms with Crippen molar-refractivity contribution in [3.63, 3.8) is 0 Å². The van der Waals surface area contributed by atoms with Crippen LogP contribution in [0.15, 0.2) is 36.7 Å². The molecular weight excluding hydrogens is 808 g/mol. The quantitative estimate of drug-likeness (QED) is 0.102. The highest BCUT2D eigenvalue weighted by molar-refractivity contribution is 14.1. The monoisotopic (exact) mass is 846 g/mol. The molecule has 0 aliphatic heterocycles. The first-order chi connectivity index (χ1) is 19.8. The number of halogens is 5. The second kappa shape index (κ2) is 24.9. The molecule has 0 fully saturated rings. The van der Waals surface area contributed by atoms with Gasteiger partial charge in [0, 0.05) is 70.3 Å². The summed E-state index contributed by atoms with van der Waals surface area (Å²) in [7, 11) is 5.74. The summed E-state index contributed by atoms with van der Waals surface area (Å²) in [5.74, 6) is -2.42. The number of aromatic nitrogens is 2. The molecule has 17 heteroatoms. The summed E-state index contributed by atoms with van der Waals surface area (Å²) in [5, 5.41) is 2.33. The summed E-state index contributed by atoms with van der Waals surface area (Å²) < 4.78 is 55.9. The van der Waals surface area contributed by atoms with Gasteiger partial charge < -0.3 is 19.9 Å². The van der Waals surface area contributed by atoms with E-state index >= 15 is 0 Å². The van der Waals surface area contributed by atoms with Crippen LogP contribution in [0.4, 0.5) is 25.2 Å². The van der Waals surface area contributed by atoms with Crippen LogP contribution in [0.5, 0.6) is 0 Å². The molecular formula is C25H35ClF2I2N6O6. The van der Waals surface area contributed by atoms with Gasteiger partial charge in [0.15, 0.2) is 0 Å². The van der Waals surface area contributed by atoms with Crippen molar-refractivity contribution in [2.45, 2.75) is 26.4 Å². The smallest absolute Gasteiger partial charge is 0.413 e. The van der Waals surface area contributed by atoms with Gasteiger partial charge in [-0.25, -0.2) is 33.1 Å². The number of nitrogen functional groups attached to an aromatic ring is 1. The second-order valence-corrected chi connectivity index (χ2v) is 9.75. The van der Waals surface area contributed by atoms with Gasteiger partial charge in [0.05, 0.1) is 25.3 Å². The third kappa shape index (κ3) is 21.1. The number of rotatable bonds is 5. The maximum atomic E-state index is 13.8. The number of anilines is 2. The van der Waals surface area contributed by atoms with Crippen molar-refractivity contribution >= 4 is 100.0 Å². The Morgan fingerprint density at radius 2 is 1.33 bits per heavy atom. The maximum absolute atomic E-state index is 13.8. The number of hydrogen-bond donors (Lipinski definition) is 4. The van der Waals surface area contributed by atoms with Crippen molar-refractivity contribution in [2.75, 3.05) is 39.4 Å². The largest absolute Gasteiger partial charge is 0.466 e. The molecule has 0 aliphatic rings. The van der Waals surface area contributed by atoms with Crippen LogP contribution in [-0.4, -0.2) is 61.9 Å². The Hall–Kier alpha value is -2.68. The van der Waals surface area contributed by atoms with E-state index in [9.17, 15) is 23.2 Å². The average Bonchev–Trinajstić information content (AvgIpc) is 2.86. The number of amides is 1. The van der Waals surface area contributed by atoms with Gasteiger partial charge in [-0.15, -0.1) is 12.4 Å². The molecule has 2 aromatic heterocycles. The lowest BCUT2D eigenvalue weighted by Gasteiger charge is -2.19. The Labute approximate surface area is 281 Å². The second-order valence-electron chi connectivity index (χ2n) is 7.82. The van der Waals surface area contributed by atoms with Gasteiger partial charge in [-0.2, -0.15) is 0 Å². The van der Waals surface area contributed by atoms with E-state index < -0.39 is 35.3 Å². The Morgan fingerprint density at radius 3 is 1.74 bits per heavy atom. The number of nitrogens with zero attached hydrogens (tertiary/aromatic N) is 2. The minimum absolute atomic E-state index is 0. The Morgan fingerprint density at radius 1 is 0.929 bits per heavy atom. The maximum Gasteiger partial charge on any atom is 0.413 e. The van der Waals surface area contributed by atoms with Crippen molar-refractivity contribution in [3.8, 4) is 0 Å². The molecule has 0 atom stereocenters. The predicted octanol–water partition coefficient (Wildman–Crippen LogP) is 5.28. The molecule has 0 unspecified atom stereocenters. The van der Waals surface area contributed by atoms with E-state index in [-0.39, 0.29) is 35.2 Å². The van der Waals surface area contributed by atoms with Gasteiger partial charge in [0.25, 0.3) is 0 Å². The zero-order valence-corrected chi connectivity index (χ0v) is 29.0. The zero-order chi connectivity index (χ0) is 33.8. The number of nitrogens with one attached hydrogen (secondary N) is 3. The van der Waals surface area contributed by atoms with E-state index in [1.54, 1.807) is 34.9 Å². The molecule has 12 nitrogen and oxygen atoms in total. The Kier molecular flexibility index (Phi) is 23.3. The van der Waals surface area contributed by atoms with E-state index in [4.69, 9.17) is 13.3 Å². The van der Waals surface area contributed by atoms with E-state index in [1.165, 1.54) is 45.8 Å².